The molecule has 0 N–H and O–H groups in total. The predicted molar refractivity (Wildman–Crippen MR) is 87.4 cm³/mol. The summed E-state index contributed by atoms with van der Waals surface area (Å²) >= 11 is 9.55. The van der Waals surface area contributed by atoms with Crippen LogP contribution in [-0.2, 0) is 0 Å². The van der Waals surface area contributed by atoms with Crippen molar-refractivity contribution in [3.63, 3.8) is 0 Å². The van der Waals surface area contributed by atoms with Crippen LogP contribution in [0.2, 0.25) is 0 Å². The van der Waals surface area contributed by atoms with Gasteiger partial charge in [0.1, 0.15) is 0 Å². The highest BCUT2D eigenvalue weighted by atomic mass is 32.1. The number of nitrogens with zero attached hydrogens (tertiary/aromatic N) is 2. The zero-order valence-electron chi connectivity index (χ0n) is 11.7. The molecule has 0 aromatic heterocycles. The number of rotatable bonds is 5. The van der Waals surface area contributed by atoms with Crippen LogP contribution in [0.5, 0.6) is 0 Å². The van der Waals surface area contributed by atoms with Gasteiger partial charge < -0.3 is 0 Å². The van der Waals surface area contributed by atoms with Crippen molar-refractivity contribution < 1.29 is 0 Å². The second kappa shape index (κ2) is 6.31. The van der Waals surface area contributed by atoms with Crippen molar-refractivity contribution in [3.8, 4) is 0 Å². The minimum Gasteiger partial charge on any atom is -0.226 e. The Balaban J connectivity index is 3.43. The fourth-order valence-corrected chi connectivity index (χ4v) is 3.16. The Morgan fingerprint density at radius 1 is 0.895 bits per heavy atom. The molecule has 100 valence electrons. The van der Waals surface area contributed by atoms with E-state index in [1.807, 2.05) is 45.9 Å². The van der Waals surface area contributed by atoms with Gasteiger partial charge in [0.15, 0.2) is 0 Å². The summed E-state index contributed by atoms with van der Waals surface area (Å²) in [7, 11) is 0. The highest BCUT2D eigenvalue weighted by molar-refractivity contribution is 7.78. The van der Waals surface area contributed by atoms with Crippen LogP contribution in [0.15, 0.2) is 40.3 Å². The van der Waals surface area contributed by atoms with E-state index in [1.165, 1.54) is 0 Å². The molecule has 0 aliphatic rings. The number of isothiocyanates is 2. The van der Waals surface area contributed by atoms with Gasteiger partial charge in [0.2, 0.25) is 0 Å². The van der Waals surface area contributed by atoms with Crippen LogP contribution in [-0.4, -0.2) is 21.4 Å². The molecule has 4 heteroatoms. The van der Waals surface area contributed by atoms with E-state index in [4.69, 9.17) is 24.4 Å². The Labute approximate surface area is 125 Å². The molecule has 1 aromatic carbocycles. The number of hydrogen-bond donors (Lipinski definition) is 0. The lowest BCUT2D eigenvalue weighted by atomic mass is 9.71. The van der Waals surface area contributed by atoms with E-state index < -0.39 is 11.1 Å². The molecule has 1 rings (SSSR count). The van der Waals surface area contributed by atoms with E-state index in [0.717, 1.165) is 5.56 Å². The monoisotopic (exact) mass is 290 g/mol. The van der Waals surface area contributed by atoms with Gasteiger partial charge in [-0.1, -0.05) is 30.3 Å². The summed E-state index contributed by atoms with van der Waals surface area (Å²) in [5.74, 6) is 0.0344. The van der Waals surface area contributed by atoms with Crippen molar-refractivity contribution in [2.75, 3.05) is 0 Å². The van der Waals surface area contributed by atoms with E-state index in [9.17, 15) is 0 Å². The summed E-state index contributed by atoms with van der Waals surface area (Å²) in [5.41, 5.74) is 0.324. The molecule has 0 atom stereocenters. The van der Waals surface area contributed by atoms with Crippen LogP contribution in [0.1, 0.15) is 39.2 Å². The summed E-state index contributed by atoms with van der Waals surface area (Å²) in [5, 5.41) is 4.99. The molecule has 0 heterocycles. The van der Waals surface area contributed by atoms with Gasteiger partial charge in [-0.3, -0.25) is 0 Å². The van der Waals surface area contributed by atoms with Gasteiger partial charge >= 0.3 is 0 Å². The van der Waals surface area contributed by atoms with Crippen LogP contribution in [0.25, 0.3) is 0 Å². The Hall–Kier alpha value is -1.18. The molecule has 0 spiro atoms. The first-order valence-electron chi connectivity index (χ1n) is 6.08. The van der Waals surface area contributed by atoms with Gasteiger partial charge in [0, 0.05) is 5.92 Å². The lowest BCUT2D eigenvalue weighted by Gasteiger charge is -2.39. The third kappa shape index (κ3) is 3.89. The van der Waals surface area contributed by atoms with Crippen LogP contribution in [0.4, 0.5) is 0 Å². The molecule has 0 fully saturated rings. The molecule has 0 radical (unpaired) electrons. The average Bonchev–Trinajstić information content (AvgIpc) is 2.29. The zero-order chi connectivity index (χ0) is 14.5. The molecule has 0 saturated heterocycles. The first kappa shape index (κ1) is 15.9. The minimum atomic E-state index is -0.414. The maximum Gasteiger partial charge on any atom is 0.0746 e. The molecular formula is C15H18N2S2. The van der Waals surface area contributed by atoms with Crippen molar-refractivity contribution in [2.45, 2.75) is 44.7 Å². The summed E-state index contributed by atoms with van der Waals surface area (Å²) in [6.07, 6.45) is 0. The number of thiocarbonyl (C=S) groups is 2. The van der Waals surface area contributed by atoms with E-state index >= 15 is 0 Å². The van der Waals surface area contributed by atoms with E-state index in [2.05, 4.69) is 32.4 Å². The second-order valence-electron chi connectivity index (χ2n) is 5.56. The van der Waals surface area contributed by atoms with E-state index in [0.29, 0.717) is 0 Å². The lowest BCUT2D eigenvalue weighted by molar-refractivity contribution is 0.295. The van der Waals surface area contributed by atoms with Crippen LogP contribution < -0.4 is 0 Å². The van der Waals surface area contributed by atoms with Gasteiger partial charge in [-0.05, 0) is 57.7 Å². The molecule has 0 saturated carbocycles. The topological polar surface area (TPSA) is 24.7 Å². The zero-order valence-corrected chi connectivity index (χ0v) is 13.3. The molecule has 19 heavy (non-hydrogen) atoms. The Morgan fingerprint density at radius 2 is 1.32 bits per heavy atom. The summed E-state index contributed by atoms with van der Waals surface area (Å²) in [4.78, 5) is 8.65. The van der Waals surface area contributed by atoms with E-state index in [-0.39, 0.29) is 5.92 Å². The third-order valence-electron chi connectivity index (χ3n) is 3.21. The Bertz CT molecular complexity index is 492. The van der Waals surface area contributed by atoms with Crippen LogP contribution in [0.3, 0.4) is 0 Å². The third-order valence-corrected chi connectivity index (χ3v) is 3.40. The van der Waals surface area contributed by atoms with Gasteiger partial charge in [-0.15, -0.1) is 0 Å². The fourth-order valence-electron chi connectivity index (χ4n) is 2.69. The summed E-state index contributed by atoms with van der Waals surface area (Å²) in [6, 6.07) is 10.2. The molecule has 0 unspecified atom stereocenters. The summed E-state index contributed by atoms with van der Waals surface area (Å²) in [6.45, 7) is 8.13. The van der Waals surface area contributed by atoms with Crippen molar-refractivity contribution in [2.24, 2.45) is 9.98 Å². The minimum absolute atomic E-state index is 0.0344. The highest BCUT2D eigenvalue weighted by Gasteiger charge is 2.41. The first-order valence-corrected chi connectivity index (χ1v) is 6.90. The molecule has 0 bridgehead atoms. The van der Waals surface area contributed by atoms with Crippen molar-refractivity contribution in [1.29, 1.82) is 0 Å². The molecular weight excluding hydrogens is 272 g/mol. The SMILES string of the molecule is CC(C)(N=C=S)C(c1ccccc1)C(C)(C)N=C=S. The number of benzene rings is 1. The van der Waals surface area contributed by atoms with Crippen LogP contribution >= 0.6 is 24.4 Å². The second-order valence-corrected chi connectivity index (χ2v) is 5.92. The van der Waals surface area contributed by atoms with Crippen molar-refractivity contribution >= 4 is 34.8 Å². The largest absolute Gasteiger partial charge is 0.226 e. The Kier molecular flexibility index (Phi) is 5.28. The first-order chi connectivity index (χ1) is 8.85. The quantitative estimate of drug-likeness (QED) is 0.588. The van der Waals surface area contributed by atoms with Crippen molar-refractivity contribution in [1.82, 2.24) is 0 Å². The molecule has 0 amide bonds. The smallest absolute Gasteiger partial charge is 0.0746 e. The average molecular weight is 290 g/mol. The van der Waals surface area contributed by atoms with Gasteiger partial charge in [-0.2, -0.15) is 0 Å². The maximum atomic E-state index is 4.77. The van der Waals surface area contributed by atoms with Crippen LogP contribution in [0, 0.1) is 0 Å². The molecule has 0 aliphatic heterocycles. The standard InChI is InChI=1S/C15H18N2S2/c1-14(2,16-10-18)13(15(3,4)17-11-19)12-8-6-5-7-9-12/h5-9,13H,1-4H3. The van der Waals surface area contributed by atoms with Gasteiger partial charge in [-0.25, -0.2) is 9.98 Å². The number of hydrogen-bond acceptors (Lipinski definition) is 4. The molecule has 1 aromatic rings. The van der Waals surface area contributed by atoms with Gasteiger partial charge in [0.25, 0.3) is 0 Å². The molecule has 2 nitrogen and oxygen atoms in total. The molecule has 0 aliphatic carbocycles. The van der Waals surface area contributed by atoms with Crippen molar-refractivity contribution in [3.05, 3.63) is 35.9 Å². The predicted octanol–water partition coefficient (Wildman–Crippen LogP) is 4.53. The van der Waals surface area contributed by atoms with E-state index in [1.54, 1.807) is 0 Å². The fraction of sp³-hybridized carbons (Fsp3) is 0.467. The number of aliphatic imine (C=N–C) groups is 2. The normalized spacial score (nSPS) is 13.1. The lowest BCUT2D eigenvalue weighted by Crippen LogP contribution is -2.41. The summed E-state index contributed by atoms with van der Waals surface area (Å²) < 4.78 is 0. The highest BCUT2D eigenvalue weighted by Crippen LogP contribution is 2.41. The Morgan fingerprint density at radius 3 is 1.68 bits per heavy atom. The van der Waals surface area contributed by atoms with Gasteiger partial charge in [0.05, 0.1) is 21.4 Å². The maximum absolute atomic E-state index is 4.77.